The van der Waals surface area contributed by atoms with Crippen LogP contribution < -0.4 is 0 Å². The van der Waals surface area contributed by atoms with Crippen LogP contribution in [0.5, 0.6) is 0 Å². The molecule has 0 saturated heterocycles. The highest BCUT2D eigenvalue weighted by Gasteiger charge is 1.90. The molecule has 0 bridgehead atoms. The van der Waals surface area contributed by atoms with Crippen molar-refractivity contribution in [3.63, 3.8) is 0 Å². The van der Waals surface area contributed by atoms with Crippen LogP contribution in [-0.2, 0) is 0 Å². The largest absolute Gasteiger partial charge is 0.0914 e. The van der Waals surface area contributed by atoms with Gasteiger partial charge in [-0.3, -0.25) is 0 Å². The van der Waals surface area contributed by atoms with Gasteiger partial charge >= 0.3 is 0 Å². The Labute approximate surface area is 121 Å². The second-order valence-corrected chi connectivity index (χ2v) is 5.12. The third-order valence-corrected chi connectivity index (χ3v) is 3.05. The molecule has 0 aromatic rings. The summed E-state index contributed by atoms with van der Waals surface area (Å²) < 4.78 is 0. The molecular weight excluding hydrogens is 228 g/mol. The minimum Gasteiger partial charge on any atom is -0.0914 e. The van der Waals surface area contributed by atoms with E-state index in [0.717, 1.165) is 19.3 Å². The van der Waals surface area contributed by atoms with Gasteiger partial charge in [0.05, 0.1) is 0 Å². The van der Waals surface area contributed by atoms with Crippen molar-refractivity contribution in [3.05, 3.63) is 48.6 Å². The third kappa shape index (κ3) is 14.9. The average molecular weight is 260 g/mol. The van der Waals surface area contributed by atoms with Crippen molar-refractivity contribution >= 4 is 0 Å². The van der Waals surface area contributed by atoms with Gasteiger partial charge in [-0.25, -0.2) is 0 Å². The van der Waals surface area contributed by atoms with Crippen molar-refractivity contribution in [3.8, 4) is 0 Å². The molecule has 0 aromatic heterocycles. The molecule has 0 aliphatic carbocycles. The van der Waals surface area contributed by atoms with E-state index in [9.17, 15) is 0 Å². The van der Waals surface area contributed by atoms with Crippen molar-refractivity contribution < 1.29 is 0 Å². The number of hydrogen-bond acceptors (Lipinski definition) is 0. The van der Waals surface area contributed by atoms with Crippen molar-refractivity contribution in [2.45, 2.75) is 65.7 Å². The second-order valence-electron chi connectivity index (χ2n) is 5.12. The molecule has 0 aliphatic rings. The Hall–Kier alpha value is -1.04. The SMILES string of the molecule is C/C=C/C(C)C/C=C\C/C=C\C/C=C\CCCCC. The molecule has 0 radical (unpaired) electrons. The normalized spacial score (nSPS) is 14.5. The number of hydrogen-bond donors (Lipinski definition) is 0. The van der Waals surface area contributed by atoms with E-state index in [1.807, 2.05) is 0 Å². The molecular formula is C19H32. The molecule has 0 spiro atoms. The van der Waals surface area contributed by atoms with Gasteiger partial charge in [-0.1, -0.05) is 75.3 Å². The van der Waals surface area contributed by atoms with E-state index in [2.05, 4.69) is 69.4 Å². The first kappa shape index (κ1) is 18.0. The molecule has 1 atom stereocenters. The highest BCUT2D eigenvalue weighted by Crippen LogP contribution is 2.05. The van der Waals surface area contributed by atoms with Crippen LogP contribution in [-0.4, -0.2) is 0 Å². The summed E-state index contributed by atoms with van der Waals surface area (Å²) in [4.78, 5) is 0. The minimum atomic E-state index is 0.663. The summed E-state index contributed by atoms with van der Waals surface area (Å²) in [5.74, 6) is 0.663. The molecule has 0 aliphatic heterocycles. The number of allylic oxidation sites excluding steroid dienone is 8. The van der Waals surface area contributed by atoms with Crippen molar-refractivity contribution in [1.29, 1.82) is 0 Å². The summed E-state index contributed by atoms with van der Waals surface area (Å²) >= 11 is 0. The summed E-state index contributed by atoms with van der Waals surface area (Å²) in [6, 6.07) is 0. The van der Waals surface area contributed by atoms with Crippen LogP contribution in [0, 0.1) is 5.92 Å². The van der Waals surface area contributed by atoms with Gasteiger partial charge in [-0.05, 0) is 44.9 Å². The Morgan fingerprint density at radius 2 is 1.47 bits per heavy atom. The highest BCUT2D eigenvalue weighted by molar-refractivity contribution is 4.98. The van der Waals surface area contributed by atoms with Gasteiger partial charge in [0.1, 0.15) is 0 Å². The first-order valence-corrected chi connectivity index (χ1v) is 7.89. The van der Waals surface area contributed by atoms with E-state index in [1.165, 1.54) is 25.7 Å². The maximum absolute atomic E-state index is 2.31. The van der Waals surface area contributed by atoms with Crippen molar-refractivity contribution in [1.82, 2.24) is 0 Å². The molecule has 0 rings (SSSR count). The fraction of sp³-hybridized carbons (Fsp3) is 0.579. The monoisotopic (exact) mass is 260 g/mol. The van der Waals surface area contributed by atoms with Crippen LogP contribution in [0.4, 0.5) is 0 Å². The van der Waals surface area contributed by atoms with E-state index in [-0.39, 0.29) is 0 Å². The zero-order chi connectivity index (χ0) is 14.2. The predicted octanol–water partition coefficient (Wildman–Crippen LogP) is 6.62. The Morgan fingerprint density at radius 1 is 0.842 bits per heavy atom. The zero-order valence-electron chi connectivity index (χ0n) is 13.1. The van der Waals surface area contributed by atoms with E-state index in [0.29, 0.717) is 5.92 Å². The lowest BCUT2D eigenvalue weighted by Crippen LogP contribution is -1.84. The smallest absolute Gasteiger partial charge is 0.0169 e. The van der Waals surface area contributed by atoms with E-state index in [1.54, 1.807) is 0 Å². The van der Waals surface area contributed by atoms with Gasteiger partial charge in [0.2, 0.25) is 0 Å². The third-order valence-electron chi connectivity index (χ3n) is 3.05. The molecule has 0 amide bonds. The molecule has 0 nitrogen and oxygen atoms in total. The second kappa shape index (κ2) is 15.0. The average Bonchev–Trinajstić information content (AvgIpc) is 2.40. The minimum absolute atomic E-state index is 0.663. The first-order valence-electron chi connectivity index (χ1n) is 7.89. The molecule has 0 saturated carbocycles. The number of rotatable bonds is 11. The highest BCUT2D eigenvalue weighted by atomic mass is 14.0. The molecule has 108 valence electrons. The number of unbranched alkanes of at least 4 members (excludes halogenated alkanes) is 3. The van der Waals surface area contributed by atoms with E-state index in [4.69, 9.17) is 0 Å². The van der Waals surface area contributed by atoms with Gasteiger partial charge in [0.15, 0.2) is 0 Å². The summed E-state index contributed by atoms with van der Waals surface area (Å²) in [7, 11) is 0. The summed E-state index contributed by atoms with van der Waals surface area (Å²) in [6.07, 6.45) is 26.6. The van der Waals surface area contributed by atoms with Crippen LogP contribution in [0.1, 0.15) is 65.7 Å². The van der Waals surface area contributed by atoms with Gasteiger partial charge < -0.3 is 0 Å². The molecule has 0 heterocycles. The lowest BCUT2D eigenvalue weighted by Gasteiger charge is -1.98. The topological polar surface area (TPSA) is 0 Å². The molecule has 0 N–H and O–H groups in total. The van der Waals surface area contributed by atoms with Crippen molar-refractivity contribution in [2.24, 2.45) is 5.92 Å². The van der Waals surface area contributed by atoms with Crippen LogP contribution in [0.3, 0.4) is 0 Å². The fourth-order valence-electron chi connectivity index (χ4n) is 1.89. The maximum Gasteiger partial charge on any atom is -0.0169 e. The first-order chi connectivity index (χ1) is 9.31. The van der Waals surface area contributed by atoms with Gasteiger partial charge in [0.25, 0.3) is 0 Å². The van der Waals surface area contributed by atoms with Crippen LogP contribution in [0.2, 0.25) is 0 Å². The lowest BCUT2D eigenvalue weighted by molar-refractivity contribution is 0.728. The zero-order valence-corrected chi connectivity index (χ0v) is 13.1. The van der Waals surface area contributed by atoms with Gasteiger partial charge in [0, 0.05) is 0 Å². The fourth-order valence-corrected chi connectivity index (χ4v) is 1.89. The maximum atomic E-state index is 2.31. The van der Waals surface area contributed by atoms with Crippen LogP contribution >= 0.6 is 0 Å². The molecule has 1 unspecified atom stereocenters. The summed E-state index contributed by atoms with van der Waals surface area (Å²) in [5.41, 5.74) is 0. The molecule has 19 heavy (non-hydrogen) atoms. The summed E-state index contributed by atoms with van der Waals surface area (Å²) in [6.45, 7) is 6.58. The standard InChI is InChI=1S/C19H32/c1-4-6-7-8-9-10-11-12-13-14-15-16-18-19(3)17-5-2/h5,9-10,12-13,15-17,19H,4,6-8,11,14,18H2,1-3H3/b10-9-,13-12-,16-15-,17-5+. The Kier molecular flexibility index (Phi) is 14.2. The van der Waals surface area contributed by atoms with Crippen LogP contribution in [0.15, 0.2) is 48.6 Å². The van der Waals surface area contributed by atoms with E-state index >= 15 is 0 Å². The molecule has 0 aromatic carbocycles. The lowest BCUT2D eigenvalue weighted by atomic mass is 10.1. The van der Waals surface area contributed by atoms with Gasteiger partial charge in [-0.15, -0.1) is 0 Å². The Balaban J connectivity index is 3.45. The predicted molar refractivity (Wildman–Crippen MR) is 89.4 cm³/mol. The molecule has 0 heteroatoms. The van der Waals surface area contributed by atoms with Gasteiger partial charge in [-0.2, -0.15) is 0 Å². The Bertz CT molecular complexity index is 278. The van der Waals surface area contributed by atoms with Crippen LogP contribution in [0.25, 0.3) is 0 Å². The summed E-state index contributed by atoms with van der Waals surface area (Å²) in [5, 5.41) is 0. The molecule has 0 fully saturated rings. The quantitative estimate of drug-likeness (QED) is 0.289. The Morgan fingerprint density at radius 3 is 2.11 bits per heavy atom. The van der Waals surface area contributed by atoms with E-state index < -0.39 is 0 Å². The van der Waals surface area contributed by atoms with Crippen molar-refractivity contribution in [2.75, 3.05) is 0 Å².